The fraction of sp³-hybridized carbons (Fsp3) is 0.160. The molecule has 1 N–H and O–H groups in total. The molecule has 0 saturated heterocycles. The van der Waals surface area contributed by atoms with E-state index in [0.29, 0.717) is 15.3 Å². The standard InChI is InChI=1S/C25H21N3O2S2/c1-16-14-21-23(32-16)24(30)28(18-10-3-2-4-11-18)25(27-21)31-15-22(29)26-20-13-7-9-17-8-5-6-12-19(17)20/h2-13,16H,14-15H2,1H3,(H,26,29)/t16-/m0/s1. The van der Waals surface area contributed by atoms with Crippen molar-refractivity contribution in [2.24, 2.45) is 0 Å². The number of hydrogen-bond donors (Lipinski definition) is 1. The minimum absolute atomic E-state index is 0.0625. The molecule has 160 valence electrons. The zero-order valence-corrected chi connectivity index (χ0v) is 19.1. The Balaban J connectivity index is 1.43. The van der Waals surface area contributed by atoms with Gasteiger partial charge in [0.1, 0.15) is 0 Å². The Morgan fingerprint density at radius 2 is 1.84 bits per heavy atom. The molecule has 2 heterocycles. The van der Waals surface area contributed by atoms with Gasteiger partial charge in [0, 0.05) is 22.7 Å². The van der Waals surface area contributed by atoms with Crippen LogP contribution in [0.1, 0.15) is 12.6 Å². The van der Waals surface area contributed by atoms with E-state index in [1.54, 1.807) is 16.3 Å². The van der Waals surface area contributed by atoms with Crippen LogP contribution in [-0.4, -0.2) is 26.5 Å². The fourth-order valence-electron chi connectivity index (χ4n) is 3.85. The van der Waals surface area contributed by atoms with E-state index in [2.05, 4.69) is 12.2 Å². The van der Waals surface area contributed by atoms with Gasteiger partial charge in [-0.15, -0.1) is 11.8 Å². The number of carbonyl (C=O) groups excluding carboxylic acids is 1. The van der Waals surface area contributed by atoms with Crippen LogP contribution in [0.5, 0.6) is 0 Å². The average Bonchev–Trinajstić information content (AvgIpc) is 3.19. The highest BCUT2D eigenvalue weighted by Crippen LogP contribution is 2.35. The second kappa shape index (κ2) is 8.84. The van der Waals surface area contributed by atoms with E-state index in [0.717, 1.165) is 34.3 Å². The number of thioether (sulfide) groups is 2. The van der Waals surface area contributed by atoms with Crippen molar-refractivity contribution in [3.8, 4) is 5.69 Å². The highest BCUT2D eigenvalue weighted by molar-refractivity contribution is 8.00. The van der Waals surface area contributed by atoms with Crippen LogP contribution in [0.15, 0.2) is 87.6 Å². The van der Waals surface area contributed by atoms with Gasteiger partial charge in [0.05, 0.1) is 22.0 Å². The molecule has 3 aromatic carbocycles. The Kier molecular flexibility index (Phi) is 5.76. The van der Waals surface area contributed by atoms with Gasteiger partial charge in [0.2, 0.25) is 5.91 Å². The predicted molar refractivity (Wildman–Crippen MR) is 132 cm³/mol. The van der Waals surface area contributed by atoms with Crippen LogP contribution in [0.3, 0.4) is 0 Å². The van der Waals surface area contributed by atoms with E-state index in [9.17, 15) is 9.59 Å². The summed E-state index contributed by atoms with van der Waals surface area (Å²) in [7, 11) is 0. The Hall–Kier alpha value is -3.03. The Morgan fingerprint density at radius 3 is 2.69 bits per heavy atom. The summed E-state index contributed by atoms with van der Waals surface area (Å²) >= 11 is 2.86. The van der Waals surface area contributed by atoms with E-state index >= 15 is 0 Å². The molecule has 5 rings (SSSR count). The first kappa shape index (κ1) is 20.8. The van der Waals surface area contributed by atoms with Crippen LogP contribution in [0.25, 0.3) is 16.5 Å². The lowest BCUT2D eigenvalue weighted by Crippen LogP contribution is -2.24. The Labute approximate surface area is 194 Å². The third-order valence-electron chi connectivity index (χ3n) is 5.29. The van der Waals surface area contributed by atoms with Gasteiger partial charge in [-0.3, -0.25) is 14.2 Å². The van der Waals surface area contributed by atoms with Crippen molar-refractivity contribution in [1.82, 2.24) is 9.55 Å². The van der Waals surface area contributed by atoms with Gasteiger partial charge in [-0.05, 0) is 23.6 Å². The fourth-order valence-corrected chi connectivity index (χ4v) is 5.78. The number of para-hydroxylation sites is 1. The van der Waals surface area contributed by atoms with Crippen molar-refractivity contribution >= 4 is 45.9 Å². The lowest BCUT2D eigenvalue weighted by atomic mass is 10.1. The molecule has 32 heavy (non-hydrogen) atoms. The summed E-state index contributed by atoms with van der Waals surface area (Å²) in [6.45, 7) is 2.10. The molecule has 1 aliphatic rings. The minimum atomic E-state index is -0.136. The van der Waals surface area contributed by atoms with Gasteiger partial charge >= 0.3 is 0 Å². The Bertz CT molecular complexity index is 1360. The van der Waals surface area contributed by atoms with Crippen LogP contribution in [0, 0.1) is 0 Å². The molecule has 1 aliphatic heterocycles. The molecule has 0 spiro atoms. The number of nitrogens with zero attached hydrogens (tertiary/aromatic N) is 2. The number of nitrogens with one attached hydrogen (secondary N) is 1. The number of fused-ring (bicyclic) bond motifs is 2. The maximum absolute atomic E-state index is 13.3. The molecule has 1 amide bonds. The van der Waals surface area contributed by atoms with E-state index in [4.69, 9.17) is 4.98 Å². The lowest BCUT2D eigenvalue weighted by molar-refractivity contribution is -0.113. The van der Waals surface area contributed by atoms with Gasteiger partial charge in [0.25, 0.3) is 5.56 Å². The molecular formula is C25H21N3O2S2. The van der Waals surface area contributed by atoms with Crippen LogP contribution >= 0.6 is 23.5 Å². The highest BCUT2D eigenvalue weighted by atomic mass is 32.2. The first-order chi connectivity index (χ1) is 15.6. The van der Waals surface area contributed by atoms with Crippen LogP contribution in [0.2, 0.25) is 0 Å². The highest BCUT2D eigenvalue weighted by Gasteiger charge is 2.27. The predicted octanol–water partition coefficient (Wildman–Crippen LogP) is 5.15. The third-order valence-corrected chi connectivity index (χ3v) is 7.45. The average molecular weight is 460 g/mol. The largest absolute Gasteiger partial charge is 0.325 e. The number of hydrogen-bond acceptors (Lipinski definition) is 5. The quantitative estimate of drug-likeness (QED) is 0.330. The molecule has 0 aliphatic carbocycles. The number of anilines is 1. The second-order valence-corrected chi connectivity index (χ2v) is 10.0. The third kappa shape index (κ3) is 4.06. The number of benzene rings is 3. The summed E-state index contributed by atoms with van der Waals surface area (Å²) in [6.07, 6.45) is 0.765. The molecule has 0 radical (unpaired) electrons. The lowest BCUT2D eigenvalue weighted by Gasteiger charge is -2.14. The van der Waals surface area contributed by atoms with E-state index in [1.807, 2.05) is 72.8 Å². The summed E-state index contributed by atoms with van der Waals surface area (Å²) in [5.74, 6) is 0.0210. The molecule has 7 heteroatoms. The summed E-state index contributed by atoms with van der Waals surface area (Å²) in [4.78, 5) is 31.6. The van der Waals surface area contributed by atoms with Gasteiger partial charge in [0.15, 0.2) is 5.16 Å². The van der Waals surface area contributed by atoms with Gasteiger partial charge in [-0.1, -0.05) is 73.3 Å². The van der Waals surface area contributed by atoms with Crippen LogP contribution in [-0.2, 0) is 11.2 Å². The smallest absolute Gasteiger partial charge is 0.272 e. The zero-order chi connectivity index (χ0) is 22.1. The van der Waals surface area contributed by atoms with Crippen molar-refractivity contribution in [3.63, 3.8) is 0 Å². The molecule has 1 aromatic heterocycles. The molecule has 0 fully saturated rings. The van der Waals surface area contributed by atoms with E-state index in [1.165, 1.54) is 11.8 Å². The second-order valence-electron chi connectivity index (χ2n) is 7.64. The van der Waals surface area contributed by atoms with Crippen molar-refractivity contribution in [2.45, 2.75) is 28.6 Å². The molecule has 0 bridgehead atoms. The minimum Gasteiger partial charge on any atom is -0.325 e. The first-order valence-corrected chi connectivity index (χ1v) is 12.2. The topological polar surface area (TPSA) is 64.0 Å². The summed E-state index contributed by atoms with van der Waals surface area (Å²) in [5.41, 5.74) is 2.30. The van der Waals surface area contributed by atoms with Crippen molar-refractivity contribution in [1.29, 1.82) is 0 Å². The van der Waals surface area contributed by atoms with Crippen molar-refractivity contribution < 1.29 is 4.79 Å². The number of aromatic nitrogens is 2. The zero-order valence-electron chi connectivity index (χ0n) is 17.4. The summed E-state index contributed by atoms with van der Waals surface area (Å²) in [6, 6.07) is 23.3. The molecule has 1 atom stereocenters. The maximum atomic E-state index is 13.3. The molecular weight excluding hydrogens is 438 g/mol. The van der Waals surface area contributed by atoms with Crippen molar-refractivity contribution in [3.05, 3.63) is 88.8 Å². The molecule has 5 nitrogen and oxygen atoms in total. The number of rotatable bonds is 5. The SMILES string of the molecule is C[C@H]1Cc2nc(SCC(=O)Nc3cccc4ccccc34)n(-c3ccccc3)c(=O)c2S1. The number of carbonyl (C=O) groups is 1. The first-order valence-electron chi connectivity index (χ1n) is 10.4. The van der Waals surface area contributed by atoms with Crippen LogP contribution in [0.4, 0.5) is 5.69 Å². The monoisotopic (exact) mass is 459 g/mol. The summed E-state index contributed by atoms with van der Waals surface area (Å²) in [5, 5.41) is 5.95. The van der Waals surface area contributed by atoms with Gasteiger partial charge in [-0.25, -0.2) is 4.98 Å². The normalized spacial score (nSPS) is 15.0. The van der Waals surface area contributed by atoms with Crippen molar-refractivity contribution in [2.75, 3.05) is 11.1 Å². The van der Waals surface area contributed by atoms with E-state index in [-0.39, 0.29) is 17.2 Å². The maximum Gasteiger partial charge on any atom is 0.272 e. The number of amides is 1. The summed E-state index contributed by atoms with van der Waals surface area (Å²) < 4.78 is 1.62. The molecule has 0 saturated carbocycles. The van der Waals surface area contributed by atoms with Crippen LogP contribution < -0.4 is 10.9 Å². The van der Waals surface area contributed by atoms with Gasteiger partial charge < -0.3 is 5.32 Å². The molecule has 4 aromatic rings. The van der Waals surface area contributed by atoms with Gasteiger partial charge in [-0.2, -0.15) is 0 Å². The Morgan fingerprint density at radius 1 is 1.09 bits per heavy atom. The van der Waals surface area contributed by atoms with E-state index < -0.39 is 0 Å². The molecule has 0 unspecified atom stereocenters.